The van der Waals surface area contributed by atoms with E-state index in [9.17, 15) is 4.79 Å². The van der Waals surface area contributed by atoms with Gasteiger partial charge >= 0.3 is 0 Å². The van der Waals surface area contributed by atoms with Crippen molar-refractivity contribution in [3.63, 3.8) is 0 Å². The minimum Gasteiger partial charge on any atom is -0.493 e. The highest BCUT2D eigenvalue weighted by Gasteiger charge is 2.15. The Morgan fingerprint density at radius 1 is 1.18 bits per heavy atom. The maximum Gasteiger partial charge on any atom is 0.236 e. The average molecular weight is 420 g/mol. The molecule has 0 fully saturated rings. The molecule has 0 saturated heterocycles. The van der Waals surface area contributed by atoms with Crippen molar-refractivity contribution >= 4 is 35.1 Å². The van der Waals surface area contributed by atoms with Gasteiger partial charge in [0.1, 0.15) is 5.82 Å². The Bertz CT molecular complexity index is 978. The smallest absolute Gasteiger partial charge is 0.236 e. The summed E-state index contributed by atoms with van der Waals surface area (Å²) in [4.78, 5) is 16.2. The van der Waals surface area contributed by atoms with Gasteiger partial charge in [0, 0.05) is 18.8 Å². The lowest BCUT2D eigenvalue weighted by Crippen LogP contribution is -2.15. The van der Waals surface area contributed by atoms with Crippen LogP contribution in [0.15, 0.2) is 41.7 Å². The van der Waals surface area contributed by atoms with E-state index in [1.165, 1.54) is 18.0 Å². The van der Waals surface area contributed by atoms with Crippen LogP contribution in [0.5, 0.6) is 11.5 Å². The number of nitrogens with zero attached hydrogens (tertiary/aromatic N) is 4. The van der Waals surface area contributed by atoms with Crippen molar-refractivity contribution < 1.29 is 14.3 Å². The van der Waals surface area contributed by atoms with Gasteiger partial charge in [0.2, 0.25) is 5.91 Å². The molecule has 0 radical (unpaired) electrons. The molecule has 146 valence electrons. The van der Waals surface area contributed by atoms with Crippen LogP contribution in [0.2, 0.25) is 5.02 Å². The van der Waals surface area contributed by atoms with Gasteiger partial charge in [-0.2, -0.15) is 0 Å². The molecule has 3 rings (SSSR count). The molecule has 1 amide bonds. The highest BCUT2D eigenvalue weighted by molar-refractivity contribution is 7.99. The fraction of sp³-hybridized carbons (Fsp3) is 0.222. The number of thioether (sulfide) groups is 1. The van der Waals surface area contributed by atoms with Crippen LogP contribution >= 0.6 is 23.4 Å². The van der Waals surface area contributed by atoms with E-state index in [1.54, 1.807) is 26.4 Å². The Labute approximate surface area is 171 Å². The number of nitrogens with one attached hydrogen (secondary N) is 1. The van der Waals surface area contributed by atoms with E-state index in [0.717, 1.165) is 5.56 Å². The normalized spacial score (nSPS) is 10.6. The van der Waals surface area contributed by atoms with Gasteiger partial charge in [0.15, 0.2) is 22.5 Å². The molecule has 2 aromatic heterocycles. The van der Waals surface area contributed by atoms with E-state index >= 15 is 0 Å². The van der Waals surface area contributed by atoms with Crippen LogP contribution in [0.4, 0.5) is 5.82 Å². The van der Waals surface area contributed by atoms with E-state index in [2.05, 4.69) is 20.5 Å². The lowest BCUT2D eigenvalue weighted by Gasteiger charge is -2.09. The zero-order chi connectivity index (χ0) is 20.1. The summed E-state index contributed by atoms with van der Waals surface area (Å²) in [7, 11) is 5.00. The third kappa shape index (κ3) is 4.55. The monoisotopic (exact) mass is 419 g/mol. The van der Waals surface area contributed by atoms with Gasteiger partial charge < -0.3 is 19.4 Å². The number of carbonyl (C=O) groups excluding carboxylic acids is 1. The number of hydrogen-bond donors (Lipinski definition) is 1. The topological polar surface area (TPSA) is 91.2 Å². The molecule has 2 heterocycles. The molecule has 0 unspecified atom stereocenters. The Kier molecular flexibility index (Phi) is 6.37. The lowest BCUT2D eigenvalue weighted by molar-refractivity contribution is -0.113. The summed E-state index contributed by atoms with van der Waals surface area (Å²) in [5.74, 6) is 2.31. The maximum atomic E-state index is 12.1. The molecule has 8 nitrogen and oxygen atoms in total. The summed E-state index contributed by atoms with van der Waals surface area (Å²) in [5, 5.41) is 12.2. The van der Waals surface area contributed by atoms with Gasteiger partial charge in [-0.3, -0.25) is 4.79 Å². The van der Waals surface area contributed by atoms with Crippen LogP contribution in [-0.2, 0) is 11.8 Å². The van der Waals surface area contributed by atoms with E-state index in [1.807, 2.05) is 29.8 Å². The molecule has 0 bridgehead atoms. The predicted octanol–water partition coefficient (Wildman–Crippen LogP) is 3.28. The largest absolute Gasteiger partial charge is 0.493 e. The molecule has 1 aromatic carbocycles. The molecule has 1 N–H and O–H groups in total. The molecule has 0 aliphatic carbocycles. The van der Waals surface area contributed by atoms with Gasteiger partial charge in [-0.05, 0) is 30.3 Å². The van der Waals surface area contributed by atoms with Crippen LogP contribution in [0.25, 0.3) is 11.4 Å². The lowest BCUT2D eigenvalue weighted by atomic mass is 10.2. The first-order chi connectivity index (χ1) is 13.5. The minimum absolute atomic E-state index is 0.169. The number of carbonyl (C=O) groups is 1. The van der Waals surface area contributed by atoms with Crippen LogP contribution in [0.3, 0.4) is 0 Å². The number of ether oxygens (including phenoxy) is 2. The molecule has 0 atom stereocenters. The van der Waals surface area contributed by atoms with E-state index in [0.29, 0.717) is 33.3 Å². The van der Waals surface area contributed by atoms with Crippen LogP contribution in [-0.4, -0.2) is 45.6 Å². The van der Waals surface area contributed by atoms with Gasteiger partial charge in [-0.15, -0.1) is 10.2 Å². The SMILES string of the molecule is COc1ccc(-c2nnc(SCC(=O)Nc3ccc(Cl)cn3)n2C)cc1OC. The zero-order valence-corrected chi connectivity index (χ0v) is 17.0. The third-order valence-corrected chi connectivity index (χ3v) is 5.05. The predicted molar refractivity (Wildman–Crippen MR) is 108 cm³/mol. The second kappa shape index (κ2) is 8.94. The molecular formula is C18H18ClN5O3S. The second-order valence-electron chi connectivity index (χ2n) is 5.63. The average Bonchev–Trinajstić information content (AvgIpc) is 3.08. The summed E-state index contributed by atoms with van der Waals surface area (Å²) >= 11 is 7.06. The van der Waals surface area contributed by atoms with Crippen LogP contribution in [0.1, 0.15) is 0 Å². The number of aromatic nitrogens is 4. The van der Waals surface area contributed by atoms with Gasteiger partial charge in [0.25, 0.3) is 0 Å². The first-order valence-electron chi connectivity index (χ1n) is 8.18. The number of amides is 1. The van der Waals surface area contributed by atoms with Crippen molar-refractivity contribution in [2.45, 2.75) is 5.16 Å². The standard InChI is InChI=1S/C18H18ClN5O3S/c1-24-17(11-4-6-13(26-2)14(8-11)27-3)22-23-18(24)28-10-16(25)21-15-7-5-12(19)9-20-15/h4-9H,10H2,1-3H3,(H,20,21,25). The van der Waals surface area contributed by atoms with Crippen molar-refractivity contribution in [3.8, 4) is 22.9 Å². The van der Waals surface area contributed by atoms with Crippen molar-refractivity contribution in [1.82, 2.24) is 19.7 Å². The molecule has 0 saturated carbocycles. The molecule has 28 heavy (non-hydrogen) atoms. The Morgan fingerprint density at radius 2 is 1.96 bits per heavy atom. The van der Waals surface area contributed by atoms with E-state index < -0.39 is 0 Å². The number of pyridine rings is 1. The molecule has 3 aromatic rings. The molecule has 0 aliphatic rings. The number of anilines is 1. The fourth-order valence-corrected chi connectivity index (χ4v) is 3.25. The second-order valence-corrected chi connectivity index (χ2v) is 7.01. The summed E-state index contributed by atoms with van der Waals surface area (Å²) < 4.78 is 12.4. The summed E-state index contributed by atoms with van der Waals surface area (Å²) in [5.41, 5.74) is 0.828. The zero-order valence-electron chi connectivity index (χ0n) is 15.5. The van der Waals surface area contributed by atoms with Gasteiger partial charge in [0.05, 0.1) is 25.0 Å². The van der Waals surface area contributed by atoms with Crippen molar-refractivity contribution in [2.75, 3.05) is 25.3 Å². The molecular weight excluding hydrogens is 402 g/mol. The summed E-state index contributed by atoms with van der Waals surface area (Å²) in [6, 6.07) is 8.81. The van der Waals surface area contributed by atoms with Crippen LogP contribution < -0.4 is 14.8 Å². The van der Waals surface area contributed by atoms with Gasteiger partial charge in [-0.25, -0.2) is 4.98 Å². The number of halogens is 1. The van der Waals surface area contributed by atoms with Crippen molar-refractivity contribution in [1.29, 1.82) is 0 Å². The summed E-state index contributed by atoms with van der Waals surface area (Å²) in [6.45, 7) is 0. The third-order valence-electron chi connectivity index (χ3n) is 3.80. The number of rotatable bonds is 7. The van der Waals surface area contributed by atoms with E-state index in [4.69, 9.17) is 21.1 Å². The summed E-state index contributed by atoms with van der Waals surface area (Å²) in [6.07, 6.45) is 1.47. The van der Waals surface area contributed by atoms with Crippen molar-refractivity contribution in [3.05, 3.63) is 41.6 Å². The minimum atomic E-state index is -0.199. The Morgan fingerprint density at radius 3 is 2.64 bits per heavy atom. The highest BCUT2D eigenvalue weighted by Crippen LogP contribution is 2.32. The molecule has 0 aliphatic heterocycles. The molecule has 0 spiro atoms. The molecule has 10 heteroatoms. The number of methoxy groups -OCH3 is 2. The first-order valence-corrected chi connectivity index (χ1v) is 9.54. The fourth-order valence-electron chi connectivity index (χ4n) is 2.43. The number of hydrogen-bond acceptors (Lipinski definition) is 7. The highest BCUT2D eigenvalue weighted by atomic mass is 35.5. The van der Waals surface area contributed by atoms with Crippen LogP contribution in [0, 0.1) is 0 Å². The van der Waals surface area contributed by atoms with Crippen molar-refractivity contribution in [2.24, 2.45) is 7.05 Å². The maximum absolute atomic E-state index is 12.1. The Balaban J connectivity index is 1.67. The quantitative estimate of drug-likeness (QED) is 0.587. The van der Waals surface area contributed by atoms with Gasteiger partial charge in [-0.1, -0.05) is 23.4 Å². The first kappa shape index (κ1) is 20.0. The Hall–Kier alpha value is -2.78. The van der Waals surface area contributed by atoms with E-state index in [-0.39, 0.29) is 11.7 Å². The number of benzene rings is 1.